The van der Waals surface area contributed by atoms with Crippen molar-refractivity contribution in [3.8, 4) is 17.2 Å². The second-order valence-corrected chi connectivity index (χ2v) is 6.33. The van der Waals surface area contributed by atoms with Crippen molar-refractivity contribution in [1.29, 1.82) is 0 Å². The Morgan fingerprint density at radius 3 is 2.69 bits per heavy atom. The van der Waals surface area contributed by atoms with Gasteiger partial charge in [-0.1, -0.05) is 12.1 Å². The molecular weight excluding hydrogens is 376 g/mol. The van der Waals surface area contributed by atoms with Gasteiger partial charge in [-0.15, -0.1) is 10.2 Å². The number of amides is 1. The average molecular weight is 394 g/mol. The average Bonchev–Trinajstić information content (AvgIpc) is 3.36. The van der Waals surface area contributed by atoms with E-state index in [2.05, 4.69) is 15.5 Å². The van der Waals surface area contributed by atoms with Gasteiger partial charge in [0.05, 0.1) is 26.3 Å². The Bertz CT molecular complexity index is 1060. The number of carbonyl (C=O) groups is 2. The molecule has 2 heterocycles. The molecule has 1 N–H and O–H groups in total. The minimum atomic E-state index is -0.696. The van der Waals surface area contributed by atoms with Crippen LogP contribution in [0, 0.1) is 0 Å². The maximum atomic E-state index is 12.6. The monoisotopic (exact) mass is 394 g/mol. The van der Waals surface area contributed by atoms with E-state index in [0.29, 0.717) is 28.3 Å². The molecule has 29 heavy (non-hydrogen) atoms. The minimum Gasteiger partial charge on any atom is -0.493 e. The Morgan fingerprint density at radius 2 is 1.97 bits per heavy atom. The van der Waals surface area contributed by atoms with Crippen LogP contribution < -0.4 is 14.8 Å². The minimum absolute atomic E-state index is 0.0227. The van der Waals surface area contributed by atoms with Crippen molar-refractivity contribution in [1.82, 2.24) is 14.8 Å². The summed E-state index contributed by atoms with van der Waals surface area (Å²) in [5.74, 6) is -0.0897. The van der Waals surface area contributed by atoms with E-state index >= 15 is 0 Å². The quantitative estimate of drug-likeness (QED) is 0.641. The lowest BCUT2D eigenvalue weighted by atomic mass is 10.0. The number of methoxy groups -OCH3 is 2. The molecule has 9 nitrogen and oxygen atoms in total. The Labute approximate surface area is 166 Å². The van der Waals surface area contributed by atoms with E-state index in [-0.39, 0.29) is 12.3 Å². The molecule has 0 radical (unpaired) electrons. The Morgan fingerprint density at radius 1 is 1.17 bits per heavy atom. The maximum Gasteiger partial charge on any atom is 0.343 e. The maximum absolute atomic E-state index is 12.6. The lowest BCUT2D eigenvalue weighted by molar-refractivity contribution is -0.118. The Hall–Kier alpha value is -3.88. The van der Waals surface area contributed by atoms with E-state index in [4.69, 9.17) is 14.2 Å². The third kappa shape index (κ3) is 3.49. The highest BCUT2D eigenvalue weighted by atomic mass is 16.6. The molecule has 1 aromatic heterocycles. The molecule has 0 spiro atoms. The van der Waals surface area contributed by atoms with Crippen molar-refractivity contribution < 1.29 is 23.8 Å². The summed E-state index contributed by atoms with van der Waals surface area (Å²) < 4.78 is 17.7. The van der Waals surface area contributed by atoms with Crippen LogP contribution in [0.25, 0.3) is 5.69 Å². The van der Waals surface area contributed by atoms with Crippen LogP contribution in [0.4, 0.5) is 5.69 Å². The van der Waals surface area contributed by atoms with Gasteiger partial charge >= 0.3 is 5.97 Å². The van der Waals surface area contributed by atoms with Crippen LogP contribution >= 0.6 is 0 Å². The molecule has 1 amide bonds. The number of rotatable bonds is 6. The zero-order chi connectivity index (χ0) is 20.4. The highest BCUT2D eigenvalue weighted by Crippen LogP contribution is 2.43. The number of nitrogens with zero attached hydrogens (tertiary/aromatic N) is 3. The normalized spacial score (nSPS) is 14.8. The van der Waals surface area contributed by atoms with Gasteiger partial charge in [0.2, 0.25) is 5.91 Å². The number of carbonyl (C=O) groups excluding carboxylic acids is 2. The molecule has 0 saturated carbocycles. The molecule has 3 aromatic rings. The predicted octanol–water partition coefficient (Wildman–Crippen LogP) is 2.52. The number of benzene rings is 2. The van der Waals surface area contributed by atoms with Gasteiger partial charge in [0.1, 0.15) is 24.3 Å². The van der Waals surface area contributed by atoms with Crippen molar-refractivity contribution in [3.63, 3.8) is 0 Å². The second-order valence-electron chi connectivity index (χ2n) is 6.33. The first-order chi connectivity index (χ1) is 14.1. The molecule has 4 rings (SSSR count). The fourth-order valence-corrected chi connectivity index (χ4v) is 3.28. The number of ether oxygens (including phenoxy) is 3. The third-order valence-corrected chi connectivity index (χ3v) is 4.60. The van der Waals surface area contributed by atoms with E-state index in [0.717, 1.165) is 5.69 Å². The van der Waals surface area contributed by atoms with Gasteiger partial charge in [0, 0.05) is 11.3 Å². The fraction of sp³-hybridized carbons (Fsp3) is 0.200. The number of aromatic nitrogens is 3. The highest BCUT2D eigenvalue weighted by Gasteiger charge is 2.36. The van der Waals surface area contributed by atoms with E-state index in [1.54, 1.807) is 41.5 Å². The zero-order valence-electron chi connectivity index (χ0n) is 15.8. The molecule has 9 heteroatoms. The summed E-state index contributed by atoms with van der Waals surface area (Å²) in [5, 5.41) is 10.4. The first-order valence-electron chi connectivity index (χ1n) is 8.81. The number of hydrogen-bond acceptors (Lipinski definition) is 7. The van der Waals surface area contributed by atoms with Gasteiger partial charge in [-0.05, 0) is 24.3 Å². The van der Waals surface area contributed by atoms with Crippen LogP contribution in [-0.4, -0.2) is 40.9 Å². The third-order valence-electron chi connectivity index (χ3n) is 4.60. The first-order valence-corrected chi connectivity index (χ1v) is 8.81. The van der Waals surface area contributed by atoms with E-state index in [9.17, 15) is 9.59 Å². The summed E-state index contributed by atoms with van der Waals surface area (Å²) in [6, 6.07) is 10.7. The van der Waals surface area contributed by atoms with Crippen LogP contribution in [0.15, 0.2) is 49.1 Å². The second kappa shape index (κ2) is 7.63. The molecular formula is C20H18N4O5. The number of fused-ring (bicyclic) bond motifs is 1. The molecule has 2 aromatic carbocycles. The SMILES string of the molecule is COc1ccc2c(c1OC)C(=O)O[C@H]2CC(=O)Nc1cccc(-n2cnnc2)c1. The van der Waals surface area contributed by atoms with Gasteiger partial charge in [-0.3, -0.25) is 9.36 Å². The number of anilines is 1. The van der Waals surface area contributed by atoms with Crippen LogP contribution in [0.5, 0.6) is 11.5 Å². The molecule has 0 aliphatic carbocycles. The first kappa shape index (κ1) is 18.5. The van der Waals surface area contributed by atoms with Crippen LogP contribution in [0.2, 0.25) is 0 Å². The van der Waals surface area contributed by atoms with Crippen molar-refractivity contribution >= 4 is 17.6 Å². The molecule has 1 atom stereocenters. The molecule has 148 valence electrons. The van der Waals surface area contributed by atoms with Gasteiger partial charge in [-0.25, -0.2) is 4.79 Å². The van der Waals surface area contributed by atoms with Crippen LogP contribution in [0.3, 0.4) is 0 Å². The van der Waals surface area contributed by atoms with Gasteiger partial charge in [0.15, 0.2) is 11.5 Å². The summed E-state index contributed by atoms with van der Waals surface area (Å²) in [7, 11) is 2.94. The highest BCUT2D eigenvalue weighted by molar-refractivity contribution is 5.99. The van der Waals surface area contributed by atoms with E-state index in [1.807, 2.05) is 12.1 Å². The lowest BCUT2D eigenvalue weighted by Crippen LogP contribution is -2.16. The van der Waals surface area contributed by atoms with E-state index in [1.165, 1.54) is 14.2 Å². The number of nitrogens with one attached hydrogen (secondary N) is 1. The molecule has 1 aliphatic rings. The topological polar surface area (TPSA) is 105 Å². The number of esters is 1. The molecule has 0 bridgehead atoms. The molecule has 1 aliphatic heterocycles. The number of cyclic esters (lactones) is 1. The van der Waals surface area contributed by atoms with E-state index < -0.39 is 12.1 Å². The summed E-state index contributed by atoms with van der Waals surface area (Å²) in [6.07, 6.45) is 2.42. The Balaban J connectivity index is 1.51. The van der Waals surface area contributed by atoms with Gasteiger partial charge in [0.25, 0.3) is 0 Å². The Kier molecular flexibility index (Phi) is 4.86. The summed E-state index contributed by atoms with van der Waals surface area (Å²) in [5.41, 5.74) is 2.31. The zero-order valence-corrected chi connectivity index (χ0v) is 15.8. The van der Waals surface area contributed by atoms with Crippen molar-refractivity contribution in [2.75, 3.05) is 19.5 Å². The fourth-order valence-electron chi connectivity index (χ4n) is 3.28. The molecule has 0 unspecified atom stereocenters. The summed E-state index contributed by atoms with van der Waals surface area (Å²) in [6.45, 7) is 0. The largest absolute Gasteiger partial charge is 0.493 e. The molecule has 0 fully saturated rings. The predicted molar refractivity (Wildman–Crippen MR) is 102 cm³/mol. The standard InChI is InChI=1S/C20H18N4O5/c1-27-15-7-6-14-16(29-20(26)18(14)19(15)28-2)9-17(25)23-12-4-3-5-13(8-12)24-10-21-22-11-24/h3-8,10-11,16H,9H2,1-2H3,(H,23,25)/t16-/m0/s1. The molecule has 0 saturated heterocycles. The van der Waals surface area contributed by atoms with Gasteiger partial charge < -0.3 is 19.5 Å². The smallest absolute Gasteiger partial charge is 0.343 e. The summed E-state index contributed by atoms with van der Waals surface area (Å²) in [4.78, 5) is 24.9. The van der Waals surface area contributed by atoms with Crippen molar-refractivity contribution in [2.45, 2.75) is 12.5 Å². The van der Waals surface area contributed by atoms with Crippen LogP contribution in [-0.2, 0) is 9.53 Å². The number of hydrogen-bond donors (Lipinski definition) is 1. The van der Waals surface area contributed by atoms with Crippen molar-refractivity contribution in [2.24, 2.45) is 0 Å². The van der Waals surface area contributed by atoms with Crippen LogP contribution in [0.1, 0.15) is 28.4 Å². The lowest BCUT2D eigenvalue weighted by Gasteiger charge is -2.13. The van der Waals surface area contributed by atoms with Crippen molar-refractivity contribution in [3.05, 3.63) is 60.2 Å². The summed E-state index contributed by atoms with van der Waals surface area (Å²) >= 11 is 0. The van der Waals surface area contributed by atoms with Gasteiger partial charge in [-0.2, -0.15) is 0 Å².